The molecule has 0 bridgehead atoms. The molecule has 21 heavy (non-hydrogen) atoms. The molecule has 2 rings (SSSR count). The third-order valence-electron chi connectivity index (χ3n) is 3.12. The molecule has 114 valence electrons. The lowest BCUT2D eigenvalue weighted by Crippen LogP contribution is -2.41. The molecule has 1 aromatic carbocycles. The number of aryl methyl sites for hydroxylation is 1. The highest BCUT2D eigenvalue weighted by Gasteiger charge is 2.01. The molecule has 2 aromatic rings. The van der Waals surface area contributed by atoms with E-state index in [4.69, 9.17) is 0 Å². The van der Waals surface area contributed by atoms with Gasteiger partial charge in [-0.05, 0) is 39.3 Å². The Morgan fingerprint density at radius 2 is 2.14 bits per heavy atom. The zero-order chi connectivity index (χ0) is 15.1. The van der Waals surface area contributed by atoms with Crippen LogP contribution >= 0.6 is 0 Å². The number of fused-ring (bicyclic) bond motifs is 1. The average Bonchev–Trinajstić information content (AvgIpc) is 2.86. The van der Waals surface area contributed by atoms with Crippen molar-refractivity contribution in [3.63, 3.8) is 0 Å². The van der Waals surface area contributed by atoms with Crippen LogP contribution in [0.25, 0.3) is 11.0 Å². The van der Waals surface area contributed by atoms with E-state index in [9.17, 15) is 0 Å². The average molecular weight is 287 g/mol. The highest BCUT2D eigenvalue weighted by Crippen LogP contribution is 2.11. The van der Waals surface area contributed by atoms with Gasteiger partial charge in [-0.3, -0.25) is 4.99 Å². The SMILES string of the molecule is CCNC(=NCCCn1cnc2ccccc21)NC(C)C. The van der Waals surface area contributed by atoms with E-state index in [-0.39, 0.29) is 0 Å². The summed E-state index contributed by atoms with van der Waals surface area (Å²) in [5.74, 6) is 0.892. The maximum Gasteiger partial charge on any atom is 0.191 e. The van der Waals surface area contributed by atoms with E-state index in [0.29, 0.717) is 6.04 Å². The highest BCUT2D eigenvalue weighted by molar-refractivity contribution is 5.80. The zero-order valence-corrected chi connectivity index (χ0v) is 13.1. The second-order valence-electron chi connectivity index (χ2n) is 5.34. The van der Waals surface area contributed by atoms with Crippen LogP contribution in [-0.4, -0.2) is 34.6 Å². The van der Waals surface area contributed by atoms with Crippen LogP contribution in [-0.2, 0) is 6.54 Å². The summed E-state index contributed by atoms with van der Waals surface area (Å²) < 4.78 is 2.19. The van der Waals surface area contributed by atoms with Gasteiger partial charge in [0, 0.05) is 25.7 Å². The molecule has 0 atom stereocenters. The van der Waals surface area contributed by atoms with Crippen LogP contribution in [0, 0.1) is 0 Å². The van der Waals surface area contributed by atoms with Crippen molar-refractivity contribution in [2.75, 3.05) is 13.1 Å². The van der Waals surface area contributed by atoms with Crippen molar-refractivity contribution < 1.29 is 0 Å². The molecule has 0 aliphatic rings. The fraction of sp³-hybridized carbons (Fsp3) is 0.500. The maximum atomic E-state index is 4.59. The Morgan fingerprint density at radius 1 is 1.33 bits per heavy atom. The molecule has 5 nitrogen and oxygen atoms in total. The van der Waals surface area contributed by atoms with Crippen LogP contribution in [0.2, 0.25) is 0 Å². The Bertz CT molecular complexity index is 585. The number of rotatable bonds is 6. The number of hydrogen-bond acceptors (Lipinski definition) is 2. The number of benzene rings is 1. The fourth-order valence-corrected chi connectivity index (χ4v) is 2.21. The summed E-state index contributed by atoms with van der Waals surface area (Å²) in [5.41, 5.74) is 2.24. The summed E-state index contributed by atoms with van der Waals surface area (Å²) >= 11 is 0. The minimum absolute atomic E-state index is 0.389. The van der Waals surface area contributed by atoms with Gasteiger partial charge in [0.1, 0.15) is 0 Å². The minimum Gasteiger partial charge on any atom is -0.357 e. The molecule has 0 unspecified atom stereocenters. The molecule has 0 radical (unpaired) electrons. The van der Waals surface area contributed by atoms with Gasteiger partial charge in [-0.1, -0.05) is 12.1 Å². The van der Waals surface area contributed by atoms with Crippen molar-refractivity contribution in [2.45, 2.75) is 39.8 Å². The summed E-state index contributed by atoms with van der Waals surface area (Å²) in [6, 6.07) is 8.61. The molecule has 0 aliphatic carbocycles. The van der Waals surface area contributed by atoms with E-state index >= 15 is 0 Å². The first kappa shape index (κ1) is 15.4. The predicted molar refractivity (Wildman–Crippen MR) is 88.6 cm³/mol. The third kappa shape index (κ3) is 4.48. The lowest BCUT2D eigenvalue weighted by atomic mass is 10.3. The topological polar surface area (TPSA) is 54.2 Å². The van der Waals surface area contributed by atoms with Crippen LogP contribution in [0.15, 0.2) is 35.6 Å². The Hall–Kier alpha value is -2.04. The quantitative estimate of drug-likeness (QED) is 0.487. The normalized spacial score (nSPS) is 12.1. The summed E-state index contributed by atoms with van der Waals surface area (Å²) in [4.78, 5) is 9.00. The summed E-state index contributed by atoms with van der Waals surface area (Å²) in [7, 11) is 0. The van der Waals surface area contributed by atoms with E-state index in [1.54, 1.807) is 0 Å². The predicted octanol–water partition coefficient (Wildman–Crippen LogP) is 2.39. The molecule has 2 N–H and O–H groups in total. The van der Waals surface area contributed by atoms with E-state index < -0.39 is 0 Å². The van der Waals surface area contributed by atoms with Crippen LogP contribution in [0.5, 0.6) is 0 Å². The van der Waals surface area contributed by atoms with E-state index in [1.165, 1.54) is 5.52 Å². The van der Waals surface area contributed by atoms with Crippen molar-refractivity contribution in [3.8, 4) is 0 Å². The van der Waals surface area contributed by atoms with Crippen LogP contribution < -0.4 is 10.6 Å². The van der Waals surface area contributed by atoms with E-state index in [0.717, 1.165) is 37.5 Å². The lowest BCUT2D eigenvalue weighted by Gasteiger charge is -2.13. The first-order chi connectivity index (χ1) is 10.2. The van der Waals surface area contributed by atoms with Gasteiger partial charge in [0.05, 0.1) is 17.4 Å². The first-order valence-electron chi connectivity index (χ1n) is 7.65. The number of aromatic nitrogens is 2. The summed E-state index contributed by atoms with van der Waals surface area (Å²) in [6.07, 6.45) is 2.90. The van der Waals surface area contributed by atoms with Gasteiger partial charge in [-0.2, -0.15) is 0 Å². The largest absolute Gasteiger partial charge is 0.357 e. The van der Waals surface area contributed by atoms with Gasteiger partial charge in [-0.15, -0.1) is 0 Å². The second-order valence-corrected chi connectivity index (χ2v) is 5.34. The van der Waals surface area contributed by atoms with Crippen molar-refractivity contribution in [2.24, 2.45) is 4.99 Å². The number of guanidine groups is 1. The molecule has 0 amide bonds. The molecule has 0 spiro atoms. The first-order valence-corrected chi connectivity index (χ1v) is 7.65. The zero-order valence-electron chi connectivity index (χ0n) is 13.1. The molecule has 0 fully saturated rings. The molecular formula is C16H25N5. The number of nitrogens with one attached hydrogen (secondary N) is 2. The van der Waals surface area contributed by atoms with Crippen molar-refractivity contribution in [1.82, 2.24) is 20.2 Å². The lowest BCUT2D eigenvalue weighted by molar-refractivity contribution is 0.654. The van der Waals surface area contributed by atoms with Crippen LogP contribution in [0.4, 0.5) is 0 Å². The van der Waals surface area contributed by atoms with Gasteiger partial charge < -0.3 is 15.2 Å². The van der Waals surface area contributed by atoms with Gasteiger partial charge in [0.2, 0.25) is 0 Å². The van der Waals surface area contributed by atoms with E-state index in [2.05, 4.69) is 58.1 Å². The van der Waals surface area contributed by atoms with Crippen LogP contribution in [0.1, 0.15) is 27.2 Å². The molecule has 0 aliphatic heterocycles. The fourth-order valence-electron chi connectivity index (χ4n) is 2.21. The Balaban J connectivity index is 1.88. The number of para-hydroxylation sites is 2. The molecule has 5 heteroatoms. The molecule has 1 aromatic heterocycles. The molecule has 0 saturated heterocycles. The Labute approximate surface area is 126 Å². The van der Waals surface area contributed by atoms with Crippen molar-refractivity contribution in [3.05, 3.63) is 30.6 Å². The number of nitrogens with zero attached hydrogens (tertiary/aromatic N) is 3. The standard InChI is InChI=1S/C16H25N5/c1-4-17-16(20-13(2)3)18-10-7-11-21-12-19-14-8-5-6-9-15(14)21/h5-6,8-9,12-13H,4,7,10-11H2,1-3H3,(H2,17,18,20). The highest BCUT2D eigenvalue weighted by atomic mass is 15.2. The van der Waals surface area contributed by atoms with Gasteiger partial charge in [0.15, 0.2) is 5.96 Å². The second kappa shape index (κ2) is 7.67. The number of aliphatic imine (C=N–C) groups is 1. The monoisotopic (exact) mass is 287 g/mol. The van der Waals surface area contributed by atoms with Crippen molar-refractivity contribution >= 4 is 17.0 Å². The summed E-state index contributed by atoms with van der Waals surface area (Å²) in [6.45, 7) is 8.93. The van der Waals surface area contributed by atoms with Gasteiger partial charge >= 0.3 is 0 Å². The van der Waals surface area contributed by atoms with Gasteiger partial charge in [0.25, 0.3) is 0 Å². The number of imidazole rings is 1. The molecular weight excluding hydrogens is 262 g/mol. The Kier molecular flexibility index (Phi) is 5.60. The van der Waals surface area contributed by atoms with Gasteiger partial charge in [-0.25, -0.2) is 4.98 Å². The molecule has 0 saturated carbocycles. The maximum absolute atomic E-state index is 4.59. The minimum atomic E-state index is 0.389. The number of hydrogen-bond donors (Lipinski definition) is 2. The van der Waals surface area contributed by atoms with Crippen LogP contribution in [0.3, 0.4) is 0 Å². The smallest absolute Gasteiger partial charge is 0.191 e. The van der Waals surface area contributed by atoms with Crippen molar-refractivity contribution in [1.29, 1.82) is 0 Å². The Morgan fingerprint density at radius 3 is 2.90 bits per heavy atom. The third-order valence-corrected chi connectivity index (χ3v) is 3.12. The summed E-state index contributed by atoms with van der Waals surface area (Å²) in [5, 5.41) is 6.58. The molecule has 1 heterocycles. The van der Waals surface area contributed by atoms with E-state index in [1.807, 2.05) is 18.5 Å².